The lowest BCUT2D eigenvalue weighted by Crippen LogP contribution is -2.33. The van der Waals surface area contributed by atoms with E-state index < -0.39 is 6.10 Å². The van der Waals surface area contributed by atoms with Crippen molar-refractivity contribution in [3.05, 3.63) is 77.2 Å². The Morgan fingerprint density at radius 2 is 1.77 bits per heavy atom. The number of rotatable bonds is 6. The van der Waals surface area contributed by atoms with Gasteiger partial charge in [-0.1, -0.05) is 42.5 Å². The molecule has 26 heavy (non-hydrogen) atoms. The minimum atomic E-state index is -0.682. The Morgan fingerprint density at radius 3 is 2.42 bits per heavy atom. The highest BCUT2D eigenvalue weighted by molar-refractivity contribution is 9.10. The fourth-order valence-corrected chi connectivity index (χ4v) is 2.58. The summed E-state index contributed by atoms with van der Waals surface area (Å²) in [6.45, 7) is 1.67. The van der Waals surface area contributed by atoms with Gasteiger partial charge in [-0.05, 0) is 58.2 Å². The van der Waals surface area contributed by atoms with Crippen molar-refractivity contribution >= 4 is 28.1 Å². The Balaban J connectivity index is 1.54. The maximum Gasteiger partial charge on any atom is 0.280 e. The van der Waals surface area contributed by atoms with Crippen LogP contribution in [-0.4, -0.2) is 18.2 Å². The standard InChI is InChI=1S/C20H17BrN2O3/c1-14(20(24)23-22-13-18-11-12-19(21)26-18)25-17-9-7-16(8-10-17)15-5-3-2-4-6-15/h2-14H,1H3,(H,23,24)/b22-13-/t14-/m0/s1. The fraction of sp³-hybridized carbons (Fsp3) is 0.100. The lowest BCUT2D eigenvalue weighted by atomic mass is 10.1. The first kappa shape index (κ1) is 17.9. The van der Waals surface area contributed by atoms with Crippen molar-refractivity contribution in [3.63, 3.8) is 0 Å². The van der Waals surface area contributed by atoms with Crippen LogP contribution < -0.4 is 10.2 Å². The highest BCUT2D eigenvalue weighted by atomic mass is 79.9. The molecular formula is C20H17BrN2O3. The van der Waals surface area contributed by atoms with Gasteiger partial charge in [0.05, 0.1) is 6.21 Å². The molecule has 0 fully saturated rings. The van der Waals surface area contributed by atoms with Crippen LogP contribution in [0.4, 0.5) is 0 Å². The van der Waals surface area contributed by atoms with Gasteiger partial charge in [0, 0.05) is 0 Å². The van der Waals surface area contributed by atoms with Crippen molar-refractivity contribution in [3.8, 4) is 16.9 Å². The van der Waals surface area contributed by atoms with Gasteiger partial charge in [-0.2, -0.15) is 5.10 Å². The molecule has 1 N–H and O–H groups in total. The molecule has 3 rings (SSSR count). The molecule has 2 aromatic carbocycles. The maximum absolute atomic E-state index is 12.0. The number of hydrazone groups is 1. The Hall–Kier alpha value is -2.86. The van der Waals surface area contributed by atoms with Crippen LogP contribution in [0.1, 0.15) is 12.7 Å². The van der Waals surface area contributed by atoms with Gasteiger partial charge in [-0.25, -0.2) is 5.43 Å². The Labute approximate surface area is 159 Å². The number of carbonyl (C=O) groups is 1. The molecular weight excluding hydrogens is 396 g/mol. The number of nitrogens with one attached hydrogen (secondary N) is 1. The van der Waals surface area contributed by atoms with E-state index in [1.54, 1.807) is 19.1 Å². The molecule has 0 aliphatic rings. The molecule has 6 heteroatoms. The van der Waals surface area contributed by atoms with Gasteiger partial charge in [0.15, 0.2) is 10.8 Å². The van der Waals surface area contributed by atoms with Crippen LogP contribution in [0.5, 0.6) is 5.75 Å². The summed E-state index contributed by atoms with van der Waals surface area (Å²) in [5.74, 6) is 0.799. The first-order valence-electron chi connectivity index (χ1n) is 8.02. The van der Waals surface area contributed by atoms with E-state index in [1.807, 2.05) is 54.6 Å². The Kier molecular flexibility index (Phi) is 5.86. The van der Waals surface area contributed by atoms with Gasteiger partial charge in [-0.15, -0.1) is 0 Å². The number of furan rings is 1. The molecule has 1 aromatic heterocycles. The van der Waals surface area contributed by atoms with Crippen LogP contribution in [-0.2, 0) is 4.79 Å². The summed E-state index contributed by atoms with van der Waals surface area (Å²) in [5, 5.41) is 3.85. The van der Waals surface area contributed by atoms with Crippen LogP contribution in [0.15, 0.2) is 80.9 Å². The molecule has 0 spiro atoms. The van der Waals surface area contributed by atoms with Gasteiger partial charge in [0.2, 0.25) is 0 Å². The molecule has 0 radical (unpaired) electrons. The van der Waals surface area contributed by atoms with E-state index in [9.17, 15) is 4.79 Å². The van der Waals surface area contributed by atoms with E-state index >= 15 is 0 Å². The molecule has 0 bridgehead atoms. The van der Waals surface area contributed by atoms with Crippen molar-refractivity contribution in [1.82, 2.24) is 5.43 Å². The number of amides is 1. The third-order valence-corrected chi connectivity index (χ3v) is 4.03. The predicted octanol–water partition coefficient (Wildman–Crippen LogP) is 4.63. The molecule has 1 heterocycles. The second kappa shape index (κ2) is 8.49. The first-order valence-corrected chi connectivity index (χ1v) is 8.81. The van der Waals surface area contributed by atoms with Crippen molar-refractivity contribution in [2.24, 2.45) is 5.10 Å². The third kappa shape index (κ3) is 4.83. The van der Waals surface area contributed by atoms with Crippen molar-refractivity contribution in [1.29, 1.82) is 0 Å². The molecule has 0 saturated carbocycles. The molecule has 1 atom stereocenters. The smallest absolute Gasteiger partial charge is 0.280 e. The summed E-state index contributed by atoms with van der Waals surface area (Å²) in [6, 6.07) is 21.1. The second-order valence-corrected chi connectivity index (χ2v) is 6.31. The zero-order valence-electron chi connectivity index (χ0n) is 14.1. The number of carbonyl (C=O) groups excluding carboxylic acids is 1. The van der Waals surface area contributed by atoms with Crippen LogP contribution in [0.3, 0.4) is 0 Å². The summed E-state index contributed by atoms with van der Waals surface area (Å²) in [4.78, 5) is 12.0. The van der Waals surface area contributed by atoms with Crippen molar-refractivity contribution in [2.45, 2.75) is 13.0 Å². The molecule has 0 saturated heterocycles. The number of halogens is 1. The molecule has 3 aromatic rings. The first-order chi connectivity index (χ1) is 12.6. The highest BCUT2D eigenvalue weighted by Crippen LogP contribution is 2.22. The zero-order valence-corrected chi connectivity index (χ0v) is 15.6. The normalized spacial score (nSPS) is 12.1. The third-order valence-electron chi connectivity index (χ3n) is 3.60. The maximum atomic E-state index is 12.0. The van der Waals surface area contributed by atoms with E-state index in [-0.39, 0.29) is 5.91 Å². The average molecular weight is 413 g/mol. The summed E-state index contributed by atoms with van der Waals surface area (Å²) < 4.78 is 11.5. The van der Waals surface area contributed by atoms with Crippen LogP contribution in [0, 0.1) is 0 Å². The zero-order chi connectivity index (χ0) is 18.4. The average Bonchev–Trinajstić information content (AvgIpc) is 3.08. The summed E-state index contributed by atoms with van der Waals surface area (Å²) in [5.41, 5.74) is 4.64. The van der Waals surface area contributed by atoms with Gasteiger partial charge < -0.3 is 9.15 Å². The topological polar surface area (TPSA) is 63.8 Å². The van der Waals surface area contributed by atoms with E-state index in [4.69, 9.17) is 9.15 Å². The van der Waals surface area contributed by atoms with Crippen LogP contribution >= 0.6 is 15.9 Å². The summed E-state index contributed by atoms with van der Waals surface area (Å²) in [7, 11) is 0. The SMILES string of the molecule is C[C@H](Oc1ccc(-c2ccccc2)cc1)C(=O)N/N=C\c1ccc(Br)o1. The molecule has 0 aliphatic heterocycles. The number of benzene rings is 2. The van der Waals surface area contributed by atoms with Gasteiger partial charge in [0.25, 0.3) is 5.91 Å². The van der Waals surface area contributed by atoms with E-state index in [2.05, 4.69) is 26.5 Å². The van der Waals surface area contributed by atoms with Crippen molar-refractivity contribution in [2.75, 3.05) is 0 Å². The second-order valence-electron chi connectivity index (χ2n) is 5.53. The highest BCUT2D eigenvalue weighted by Gasteiger charge is 2.14. The Bertz CT molecular complexity index is 889. The monoisotopic (exact) mass is 412 g/mol. The molecule has 132 valence electrons. The quantitative estimate of drug-likeness (QED) is 0.474. The number of hydrogen-bond acceptors (Lipinski definition) is 4. The minimum Gasteiger partial charge on any atom is -0.481 e. The summed E-state index contributed by atoms with van der Waals surface area (Å²) in [6.07, 6.45) is 0.738. The molecule has 1 amide bonds. The van der Waals surface area contributed by atoms with Crippen LogP contribution in [0.25, 0.3) is 11.1 Å². The van der Waals surface area contributed by atoms with E-state index in [1.165, 1.54) is 6.21 Å². The minimum absolute atomic E-state index is 0.348. The van der Waals surface area contributed by atoms with Gasteiger partial charge >= 0.3 is 0 Å². The fourth-order valence-electron chi connectivity index (χ4n) is 2.26. The number of nitrogens with zero attached hydrogens (tertiary/aromatic N) is 1. The Morgan fingerprint density at radius 1 is 1.08 bits per heavy atom. The van der Waals surface area contributed by atoms with Gasteiger partial charge in [0.1, 0.15) is 11.5 Å². The largest absolute Gasteiger partial charge is 0.481 e. The lowest BCUT2D eigenvalue weighted by molar-refractivity contribution is -0.127. The predicted molar refractivity (Wildman–Crippen MR) is 104 cm³/mol. The van der Waals surface area contributed by atoms with Crippen LogP contribution in [0.2, 0.25) is 0 Å². The summed E-state index contributed by atoms with van der Waals surface area (Å²) >= 11 is 3.20. The van der Waals surface area contributed by atoms with E-state index in [0.717, 1.165) is 11.1 Å². The van der Waals surface area contributed by atoms with Gasteiger partial charge in [-0.3, -0.25) is 4.79 Å². The number of ether oxygens (including phenoxy) is 1. The van der Waals surface area contributed by atoms with Crippen molar-refractivity contribution < 1.29 is 13.9 Å². The number of hydrogen-bond donors (Lipinski definition) is 1. The molecule has 0 unspecified atom stereocenters. The molecule has 0 aliphatic carbocycles. The lowest BCUT2D eigenvalue weighted by Gasteiger charge is -2.13. The van der Waals surface area contributed by atoms with E-state index in [0.29, 0.717) is 16.2 Å². The molecule has 5 nitrogen and oxygen atoms in total.